The number of para-hydroxylation sites is 1. The summed E-state index contributed by atoms with van der Waals surface area (Å²) in [6, 6.07) is 5.92. The van der Waals surface area contributed by atoms with E-state index in [-0.39, 0.29) is 5.91 Å². The van der Waals surface area contributed by atoms with Crippen LogP contribution in [0.1, 0.15) is 20.8 Å². The lowest BCUT2D eigenvalue weighted by atomic mass is 9.98. The van der Waals surface area contributed by atoms with Crippen molar-refractivity contribution in [1.29, 1.82) is 0 Å². The minimum absolute atomic E-state index is 0.106. The largest absolute Gasteiger partial charge is 0.370 e. The number of hydrogen-bond acceptors (Lipinski definition) is 2. The lowest BCUT2D eigenvalue weighted by Gasteiger charge is -2.40. The van der Waals surface area contributed by atoms with E-state index in [4.69, 9.17) is 0 Å². The standard InChI is InChI=1S/C12H15BrN2O/c1-4-15-10-8(13)6-5-7-9(10)14-12(2,3)11(15)16/h5-7,14H,4H2,1-3H3. The Morgan fingerprint density at radius 1 is 1.44 bits per heavy atom. The number of anilines is 2. The summed E-state index contributed by atoms with van der Waals surface area (Å²) in [4.78, 5) is 14.1. The molecule has 86 valence electrons. The van der Waals surface area contributed by atoms with Crippen LogP contribution >= 0.6 is 15.9 Å². The van der Waals surface area contributed by atoms with Crippen LogP contribution in [0.5, 0.6) is 0 Å². The molecule has 0 atom stereocenters. The van der Waals surface area contributed by atoms with Crippen LogP contribution in [0.15, 0.2) is 22.7 Å². The molecule has 3 nitrogen and oxygen atoms in total. The van der Waals surface area contributed by atoms with E-state index in [2.05, 4.69) is 21.2 Å². The summed E-state index contributed by atoms with van der Waals surface area (Å²) in [5.74, 6) is 0.106. The summed E-state index contributed by atoms with van der Waals surface area (Å²) >= 11 is 3.49. The van der Waals surface area contributed by atoms with Gasteiger partial charge in [0.05, 0.1) is 11.4 Å². The Balaban J connectivity index is 2.61. The van der Waals surface area contributed by atoms with Crippen molar-refractivity contribution in [1.82, 2.24) is 0 Å². The summed E-state index contributed by atoms with van der Waals surface area (Å²) in [7, 11) is 0. The van der Waals surface area contributed by atoms with E-state index >= 15 is 0 Å². The van der Waals surface area contributed by atoms with Crippen LogP contribution in [-0.4, -0.2) is 18.0 Å². The molecule has 16 heavy (non-hydrogen) atoms. The van der Waals surface area contributed by atoms with E-state index in [0.29, 0.717) is 6.54 Å². The smallest absolute Gasteiger partial charge is 0.252 e. The number of nitrogens with one attached hydrogen (secondary N) is 1. The van der Waals surface area contributed by atoms with Gasteiger partial charge in [0.15, 0.2) is 0 Å². The fraction of sp³-hybridized carbons (Fsp3) is 0.417. The summed E-state index contributed by atoms with van der Waals surface area (Å²) in [5.41, 5.74) is 1.40. The Hall–Kier alpha value is -1.03. The van der Waals surface area contributed by atoms with Crippen molar-refractivity contribution in [3.05, 3.63) is 22.7 Å². The third-order valence-electron chi connectivity index (χ3n) is 2.80. The average Bonchev–Trinajstić information content (AvgIpc) is 2.21. The molecular formula is C12H15BrN2O. The Morgan fingerprint density at radius 3 is 2.75 bits per heavy atom. The van der Waals surface area contributed by atoms with Crippen LogP contribution in [0.2, 0.25) is 0 Å². The molecule has 1 aliphatic rings. The van der Waals surface area contributed by atoms with E-state index in [1.807, 2.05) is 43.9 Å². The van der Waals surface area contributed by atoms with Crippen LogP contribution in [0.4, 0.5) is 11.4 Å². The van der Waals surface area contributed by atoms with Crippen LogP contribution in [-0.2, 0) is 4.79 Å². The molecule has 0 radical (unpaired) electrons. The second-order valence-corrected chi connectivity index (χ2v) is 5.29. The van der Waals surface area contributed by atoms with E-state index in [1.54, 1.807) is 0 Å². The number of amides is 1. The predicted octanol–water partition coefficient (Wildman–Crippen LogP) is 3.01. The molecule has 0 aromatic heterocycles. The monoisotopic (exact) mass is 282 g/mol. The van der Waals surface area contributed by atoms with Crippen molar-refractivity contribution in [2.75, 3.05) is 16.8 Å². The second kappa shape index (κ2) is 3.77. The molecule has 0 bridgehead atoms. The number of halogens is 1. The second-order valence-electron chi connectivity index (χ2n) is 4.44. The highest BCUT2D eigenvalue weighted by molar-refractivity contribution is 9.10. The number of carbonyl (C=O) groups is 1. The normalized spacial score (nSPS) is 18.0. The van der Waals surface area contributed by atoms with Gasteiger partial charge in [-0.25, -0.2) is 0 Å². The molecule has 0 fully saturated rings. The minimum atomic E-state index is -0.538. The van der Waals surface area contributed by atoms with Gasteiger partial charge in [-0.15, -0.1) is 0 Å². The summed E-state index contributed by atoms with van der Waals surface area (Å²) in [6.07, 6.45) is 0. The average molecular weight is 283 g/mol. The predicted molar refractivity (Wildman–Crippen MR) is 69.9 cm³/mol. The molecule has 0 unspecified atom stereocenters. The molecule has 0 saturated heterocycles. The quantitative estimate of drug-likeness (QED) is 0.859. The van der Waals surface area contributed by atoms with Gasteiger partial charge in [-0.05, 0) is 48.8 Å². The van der Waals surface area contributed by atoms with Gasteiger partial charge >= 0.3 is 0 Å². The van der Waals surface area contributed by atoms with Crippen molar-refractivity contribution in [2.45, 2.75) is 26.3 Å². The highest BCUT2D eigenvalue weighted by atomic mass is 79.9. The summed E-state index contributed by atoms with van der Waals surface area (Å²) in [5, 5.41) is 3.27. The Bertz CT molecular complexity index is 443. The molecule has 0 saturated carbocycles. The van der Waals surface area contributed by atoms with E-state index in [9.17, 15) is 4.79 Å². The third kappa shape index (κ3) is 1.61. The van der Waals surface area contributed by atoms with E-state index < -0.39 is 5.54 Å². The molecular weight excluding hydrogens is 268 g/mol. The fourth-order valence-corrected chi connectivity index (χ4v) is 2.60. The van der Waals surface area contributed by atoms with Gasteiger partial charge in [0.2, 0.25) is 0 Å². The van der Waals surface area contributed by atoms with Gasteiger partial charge in [0.25, 0.3) is 5.91 Å². The molecule has 1 amide bonds. The summed E-state index contributed by atoms with van der Waals surface area (Å²) < 4.78 is 0.947. The van der Waals surface area contributed by atoms with Gasteiger partial charge in [-0.1, -0.05) is 6.07 Å². The molecule has 1 heterocycles. The van der Waals surface area contributed by atoms with Gasteiger partial charge < -0.3 is 10.2 Å². The third-order valence-corrected chi connectivity index (χ3v) is 3.44. The maximum absolute atomic E-state index is 12.2. The molecule has 0 aliphatic carbocycles. The SMILES string of the molecule is CCN1C(=O)C(C)(C)Nc2cccc(Br)c21. The van der Waals surface area contributed by atoms with Crippen molar-refractivity contribution in [3.8, 4) is 0 Å². The molecule has 0 spiro atoms. The lowest BCUT2D eigenvalue weighted by molar-refractivity contribution is -0.122. The van der Waals surface area contributed by atoms with Gasteiger partial charge in [0, 0.05) is 11.0 Å². The van der Waals surface area contributed by atoms with Crippen LogP contribution in [0, 0.1) is 0 Å². The van der Waals surface area contributed by atoms with Crippen molar-refractivity contribution in [3.63, 3.8) is 0 Å². The Morgan fingerprint density at radius 2 is 2.12 bits per heavy atom. The molecule has 1 aromatic rings. The van der Waals surface area contributed by atoms with Crippen LogP contribution in [0.3, 0.4) is 0 Å². The first kappa shape index (κ1) is 11.5. The minimum Gasteiger partial charge on any atom is -0.370 e. The zero-order valence-electron chi connectivity index (χ0n) is 9.67. The first-order chi connectivity index (χ1) is 7.47. The Kier molecular flexibility index (Phi) is 2.70. The van der Waals surface area contributed by atoms with E-state index in [1.165, 1.54) is 0 Å². The number of carbonyl (C=O) groups excluding carboxylic acids is 1. The number of fused-ring (bicyclic) bond motifs is 1. The van der Waals surface area contributed by atoms with Crippen molar-refractivity contribution >= 4 is 33.2 Å². The van der Waals surface area contributed by atoms with Crippen molar-refractivity contribution < 1.29 is 4.79 Å². The van der Waals surface area contributed by atoms with Crippen molar-refractivity contribution in [2.24, 2.45) is 0 Å². The number of nitrogens with zero attached hydrogens (tertiary/aromatic N) is 1. The Labute approximate surface area is 104 Å². The summed E-state index contributed by atoms with van der Waals surface area (Å²) in [6.45, 7) is 6.48. The van der Waals surface area contributed by atoms with Gasteiger partial charge in [0.1, 0.15) is 5.54 Å². The molecule has 4 heteroatoms. The molecule has 1 N–H and O–H groups in total. The van der Waals surface area contributed by atoms with Crippen LogP contribution < -0.4 is 10.2 Å². The number of rotatable bonds is 1. The van der Waals surface area contributed by atoms with E-state index in [0.717, 1.165) is 15.8 Å². The fourth-order valence-electron chi connectivity index (χ4n) is 2.02. The van der Waals surface area contributed by atoms with Crippen LogP contribution in [0.25, 0.3) is 0 Å². The highest BCUT2D eigenvalue weighted by Gasteiger charge is 2.38. The molecule has 1 aliphatic heterocycles. The first-order valence-corrected chi connectivity index (χ1v) is 6.15. The number of hydrogen-bond donors (Lipinski definition) is 1. The topological polar surface area (TPSA) is 32.3 Å². The zero-order chi connectivity index (χ0) is 11.9. The molecule has 1 aromatic carbocycles. The van der Waals surface area contributed by atoms with Gasteiger partial charge in [-0.3, -0.25) is 4.79 Å². The van der Waals surface area contributed by atoms with Gasteiger partial charge in [-0.2, -0.15) is 0 Å². The maximum Gasteiger partial charge on any atom is 0.252 e. The highest BCUT2D eigenvalue weighted by Crippen LogP contribution is 2.40. The lowest BCUT2D eigenvalue weighted by Crippen LogP contribution is -2.53. The number of likely N-dealkylation sites (N-methyl/N-ethyl adjacent to an activating group) is 1. The first-order valence-electron chi connectivity index (χ1n) is 5.36. The zero-order valence-corrected chi connectivity index (χ0v) is 11.3. The maximum atomic E-state index is 12.2. The molecule has 2 rings (SSSR count). The number of benzene rings is 1.